The van der Waals surface area contributed by atoms with E-state index in [0.29, 0.717) is 16.5 Å². The number of aryl methyl sites for hydroxylation is 2. The zero-order valence-corrected chi connectivity index (χ0v) is 12.5. The smallest absolute Gasteiger partial charge is 0.0833 e. The summed E-state index contributed by atoms with van der Waals surface area (Å²) in [6.45, 7) is 4.04. The Morgan fingerprint density at radius 3 is 2.47 bits per heavy atom. The zero-order chi connectivity index (χ0) is 14.0. The summed E-state index contributed by atoms with van der Waals surface area (Å²) < 4.78 is 0. The SMILES string of the molecule is Cc1ccc(C(O)Cc2cc(Cl)ccc2Cl)c(C)c1. The van der Waals surface area contributed by atoms with Crippen LogP contribution in [0.15, 0.2) is 36.4 Å². The van der Waals surface area contributed by atoms with E-state index in [1.807, 2.05) is 26.0 Å². The van der Waals surface area contributed by atoms with Crippen molar-refractivity contribution in [2.24, 2.45) is 0 Å². The molecule has 0 aliphatic rings. The lowest BCUT2D eigenvalue weighted by Gasteiger charge is -2.15. The number of hydrogen-bond acceptors (Lipinski definition) is 1. The summed E-state index contributed by atoms with van der Waals surface area (Å²) >= 11 is 12.1. The third kappa shape index (κ3) is 3.50. The number of hydrogen-bond donors (Lipinski definition) is 1. The Morgan fingerprint density at radius 1 is 1.05 bits per heavy atom. The van der Waals surface area contributed by atoms with Gasteiger partial charge in [-0.05, 0) is 48.7 Å². The molecular formula is C16H16Cl2O. The zero-order valence-electron chi connectivity index (χ0n) is 11.0. The monoisotopic (exact) mass is 294 g/mol. The second-order valence-corrected chi connectivity index (χ2v) is 5.66. The Hall–Kier alpha value is -1.02. The molecule has 0 saturated carbocycles. The van der Waals surface area contributed by atoms with E-state index in [9.17, 15) is 5.11 Å². The van der Waals surface area contributed by atoms with Crippen molar-refractivity contribution in [2.75, 3.05) is 0 Å². The van der Waals surface area contributed by atoms with Crippen LogP contribution in [0, 0.1) is 13.8 Å². The fraction of sp³-hybridized carbons (Fsp3) is 0.250. The van der Waals surface area contributed by atoms with E-state index in [-0.39, 0.29) is 0 Å². The van der Waals surface area contributed by atoms with Gasteiger partial charge in [-0.1, -0.05) is 47.0 Å². The second kappa shape index (κ2) is 5.96. The minimum absolute atomic E-state index is 0.462. The molecule has 2 rings (SSSR count). The molecule has 0 aromatic heterocycles. The van der Waals surface area contributed by atoms with Crippen molar-refractivity contribution in [3.63, 3.8) is 0 Å². The minimum Gasteiger partial charge on any atom is -0.388 e. The highest BCUT2D eigenvalue weighted by Crippen LogP contribution is 2.27. The van der Waals surface area contributed by atoms with Crippen molar-refractivity contribution < 1.29 is 5.11 Å². The average Bonchev–Trinajstić information content (AvgIpc) is 2.33. The van der Waals surface area contributed by atoms with E-state index >= 15 is 0 Å². The van der Waals surface area contributed by atoms with E-state index in [0.717, 1.165) is 16.7 Å². The van der Waals surface area contributed by atoms with Crippen molar-refractivity contribution >= 4 is 23.2 Å². The average molecular weight is 295 g/mol. The first-order valence-corrected chi connectivity index (χ1v) is 6.92. The largest absolute Gasteiger partial charge is 0.388 e. The molecule has 1 unspecified atom stereocenters. The molecule has 1 nitrogen and oxygen atoms in total. The fourth-order valence-electron chi connectivity index (χ4n) is 2.22. The fourth-order valence-corrected chi connectivity index (χ4v) is 2.61. The molecular weight excluding hydrogens is 279 g/mol. The number of rotatable bonds is 3. The van der Waals surface area contributed by atoms with Crippen molar-refractivity contribution in [2.45, 2.75) is 26.4 Å². The van der Waals surface area contributed by atoms with Gasteiger partial charge in [0.1, 0.15) is 0 Å². The van der Waals surface area contributed by atoms with Gasteiger partial charge in [-0.15, -0.1) is 0 Å². The predicted octanol–water partition coefficient (Wildman–Crippen LogP) is 4.89. The van der Waals surface area contributed by atoms with Gasteiger partial charge in [0, 0.05) is 16.5 Å². The van der Waals surface area contributed by atoms with Crippen LogP contribution in [0.1, 0.15) is 28.4 Å². The molecule has 0 bridgehead atoms. The van der Waals surface area contributed by atoms with Crippen LogP contribution >= 0.6 is 23.2 Å². The third-order valence-corrected chi connectivity index (χ3v) is 3.81. The first kappa shape index (κ1) is 14.4. The van der Waals surface area contributed by atoms with Gasteiger partial charge in [0.05, 0.1) is 6.10 Å². The van der Waals surface area contributed by atoms with Crippen LogP contribution in [-0.2, 0) is 6.42 Å². The molecule has 0 saturated heterocycles. The number of benzene rings is 2. The summed E-state index contributed by atoms with van der Waals surface area (Å²) in [6.07, 6.45) is -0.111. The van der Waals surface area contributed by atoms with Crippen LogP contribution in [0.3, 0.4) is 0 Å². The van der Waals surface area contributed by atoms with E-state index in [4.69, 9.17) is 23.2 Å². The maximum atomic E-state index is 10.4. The summed E-state index contributed by atoms with van der Waals surface area (Å²) in [4.78, 5) is 0. The Bertz CT molecular complexity index is 593. The molecule has 0 fully saturated rings. The summed E-state index contributed by atoms with van der Waals surface area (Å²) in [5, 5.41) is 11.6. The highest BCUT2D eigenvalue weighted by Gasteiger charge is 2.13. The molecule has 0 amide bonds. The van der Waals surface area contributed by atoms with E-state index in [1.165, 1.54) is 5.56 Å². The Balaban J connectivity index is 2.25. The molecule has 3 heteroatoms. The normalized spacial score (nSPS) is 12.5. The molecule has 19 heavy (non-hydrogen) atoms. The van der Waals surface area contributed by atoms with Crippen LogP contribution in [0.2, 0.25) is 10.0 Å². The first-order chi connectivity index (χ1) is 8.97. The van der Waals surface area contributed by atoms with Gasteiger partial charge >= 0.3 is 0 Å². The van der Waals surface area contributed by atoms with Gasteiger partial charge in [-0.3, -0.25) is 0 Å². The van der Waals surface area contributed by atoms with Gasteiger partial charge in [0.15, 0.2) is 0 Å². The minimum atomic E-state index is -0.573. The molecule has 0 heterocycles. The van der Waals surface area contributed by atoms with Crippen molar-refractivity contribution in [3.8, 4) is 0 Å². The van der Waals surface area contributed by atoms with E-state index in [1.54, 1.807) is 18.2 Å². The standard InChI is InChI=1S/C16H16Cl2O/c1-10-3-5-14(11(2)7-10)16(19)9-12-8-13(17)4-6-15(12)18/h3-8,16,19H,9H2,1-2H3. The molecule has 0 spiro atoms. The number of halogens is 2. The lowest BCUT2D eigenvalue weighted by atomic mass is 9.96. The maximum absolute atomic E-state index is 10.4. The van der Waals surface area contributed by atoms with Crippen molar-refractivity contribution in [1.29, 1.82) is 0 Å². The van der Waals surface area contributed by atoms with Gasteiger partial charge in [-0.2, -0.15) is 0 Å². The molecule has 0 aliphatic carbocycles. The van der Waals surface area contributed by atoms with Crippen LogP contribution in [-0.4, -0.2) is 5.11 Å². The van der Waals surface area contributed by atoms with Gasteiger partial charge in [-0.25, -0.2) is 0 Å². The summed E-state index contributed by atoms with van der Waals surface area (Å²) in [6, 6.07) is 11.3. The highest BCUT2D eigenvalue weighted by molar-refractivity contribution is 6.33. The molecule has 0 aliphatic heterocycles. The Morgan fingerprint density at radius 2 is 1.79 bits per heavy atom. The lowest BCUT2D eigenvalue weighted by molar-refractivity contribution is 0.178. The van der Waals surface area contributed by atoms with E-state index in [2.05, 4.69) is 6.07 Å². The Labute approximate surface area is 123 Å². The Kier molecular flexibility index (Phi) is 4.51. The molecule has 2 aromatic carbocycles. The van der Waals surface area contributed by atoms with Crippen LogP contribution < -0.4 is 0 Å². The summed E-state index contributed by atoms with van der Waals surface area (Å²) in [5.74, 6) is 0. The molecule has 2 aromatic rings. The quantitative estimate of drug-likeness (QED) is 0.855. The van der Waals surface area contributed by atoms with Crippen LogP contribution in [0.25, 0.3) is 0 Å². The predicted molar refractivity (Wildman–Crippen MR) is 81.0 cm³/mol. The van der Waals surface area contributed by atoms with Crippen LogP contribution in [0.5, 0.6) is 0 Å². The van der Waals surface area contributed by atoms with Crippen molar-refractivity contribution in [1.82, 2.24) is 0 Å². The van der Waals surface area contributed by atoms with Crippen molar-refractivity contribution in [3.05, 3.63) is 68.7 Å². The number of aliphatic hydroxyl groups is 1. The number of aliphatic hydroxyl groups excluding tert-OH is 1. The second-order valence-electron chi connectivity index (χ2n) is 4.82. The summed E-state index contributed by atoms with van der Waals surface area (Å²) in [5.41, 5.74) is 4.07. The van der Waals surface area contributed by atoms with Gasteiger partial charge in [0.25, 0.3) is 0 Å². The van der Waals surface area contributed by atoms with Crippen LogP contribution in [0.4, 0.5) is 0 Å². The maximum Gasteiger partial charge on any atom is 0.0833 e. The molecule has 0 radical (unpaired) electrons. The summed E-state index contributed by atoms with van der Waals surface area (Å²) in [7, 11) is 0. The topological polar surface area (TPSA) is 20.2 Å². The van der Waals surface area contributed by atoms with Gasteiger partial charge < -0.3 is 5.11 Å². The molecule has 1 atom stereocenters. The molecule has 100 valence electrons. The first-order valence-electron chi connectivity index (χ1n) is 6.16. The highest BCUT2D eigenvalue weighted by atomic mass is 35.5. The third-order valence-electron chi connectivity index (χ3n) is 3.21. The lowest BCUT2D eigenvalue weighted by Crippen LogP contribution is -2.04. The van der Waals surface area contributed by atoms with E-state index < -0.39 is 6.10 Å². The van der Waals surface area contributed by atoms with Gasteiger partial charge in [0.2, 0.25) is 0 Å². The molecule has 1 N–H and O–H groups in total.